The van der Waals surface area contributed by atoms with Crippen molar-refractivity contribution in [3.05, 3.63) is 40.7 Å². The van der Waals surface area contributed by atoms with Crippen LogP contribution in [0.2, 0.25) is 5.02 Å². The maximum Gasteiger partial charge on any atom is 0.169 e. The van der Waals surface area contributed by atoms with Gasteiger partial charge < -0.3 is 19.7 Å². The van der Waals surface area contributed by atoms with E-state index in [4.69, 9.17) is 33.3 Å². The smallest absolute Gasteiger partial charge is 0.169 e. The van der Waals surface area contributed by atoms with Crippen LogP contribution in [-0.2, 0) is 19.5 Å². The molecule has 0 atom stereocenters. The molecule has 0 bridgehead atoms. The van der Waals surface area contributed by atoms with E-state index >= 15 is 0 Å². The Hall–Kier alpha value is -1.99. The highest BCUT2D eigenvalue weighted by Gasteiger charge is 2.12. The molecular weight excluding hydrogens is 396 g/mol. The molecule has 6 nitrogen and oxygen atoms in total. The number of aromatic nitrogens is 2. The number of aryl methyl sites for hydroxylation is 1. The summed E-state index contributed by atoms with van der Waals surface area (Å²) >= 11 is 11.7. The van der Waals surface area contributed by atoms with Gasteiger partial charge in [-0.1, -0.05) is 17.7 Å². The second-order valence-electron chi connectivity index (χ2n) is 6.26. The van der Waals surface area contributed by atoms with E-state index in [9.17, 15) is 0 Å². The molecule has 0 aliphatic carbocycles. The highest BCUT2D eigenvalue weighted by molar-refractivity contribution is 7.80. The average molecular weight is 425 g/mol. The van der Waals surface area contributed by atoms with Gasteiger partial charge in [0.25, 0.3) is 0 Å². The van der Waals surface area contributed by atoms with Crippen LogP contribution in [0.4, 0.5) is 0 Å². The van der Waals surface area contributed by atoms with E-state index in [0.29, 0.717) is 29.9 Å². The summed E-state index contributed by atoms with van der Waals surface area (Å²) in [4.78, 5) is 1.94. The van der Waals surface area contributed by atoms with Crippen molar-refractivity contribution in [2.75, 3.05) is 26.8 Å². The molecule has 0 saturated heterocycles. The van der Waals surface area contributed by atoms with Gasteiger partial charge in [-0.3, -0.25) is 4.68 Å². The van der Waals surface area contributed by atoms with Crippen LogP contribution >= 0.6 is 23.8 Å². The van der Waals surface area contributed by atoms with Crippen molar-refractivity contribution in [3.63, 3.8) is 0 Å². The van der Waals surface area contributed by atoms with Crippen LogP contribution in [0.15, 0.2) is 24.4 Å². The fourth-order valence-corrected chi connectivity index (χ4v) is 3.08. The Labute approximate surface area is 177 Å². The largest absolute Gasteiger partial charge is 0.490 e. The first kappa shape index (κ1) is 22.3. The number of hydrogen-bond donors (Lipinski definition) is 1. The normalized spacial score (nSPS) is 10.6. The number of benzene rings is 1. The molecule has 154 valence electrons. The molecular formula is C20H29ClN4O2S. The minimum absolute atomic E-state index is 0.565. The lowest BCUT2D eigenvalue weighted by atomic mass is 10.1. The molecule has 1 aromatic carbocycles. The number of rotatable bonds is 10. The molecule has 0 spiro atoms. The molecule has 28 heavy (non-hydrogen) atoms. The topological polar surface area (TPSA) is 51.5 Å². The van der Waals surface area contributed by atoms with Gasteiger partial charge in [-0.05, 0) is 57.1 Å². The van der Waals surface area contributed by atoms with E-state index < -0.39 is 0 Å². The Kier molecular flexibility index (Phi) is 8.86. The minimum atomic E-state index is 0.565. The van der Waals surface area contributed by atoms with Crippen LogP contribution in [-0.4, -0.2) is 46.6 Å². The van der Waals surface area contributed by atoms with E-state index in [1.54, 1.807) is 0 Å². The maximum atomic E-state index is 6.24. The van der Waals surface area contributed by atoms with E-state index in [0.717, 1.165) is 42.3 Å². The molecule has 1 aromatic heterocycles. The Bertz CT molecular complexity index is 782. The molecule has 0 radical (unpaired) electrons. The standard InChI is InChI=1S/C20H29ClN4O2S/c1-5-25-13-16(21)17(23-25)14-24(4)20(28)22-11-10-15-8-9-18(26-6-2)19(12-15)27-7-3/h8-9,12-13H,5-7,10-11,14H2,1-4H3,(H,22,28). The predicted molar refractivity (Wildman–Crippen MR) is 117 cm³/mol. The molecule has 0 amide bonds. The van der Waals surface area contributed by atoms with Gasteiger partial charge in [0.1, 0.15) is 5.69 Å². The van der Waals surface area contributed by atoms with Gasteiger partial charge in [0, 0.05) is 26.3 Å². The lowest BCUT2D eigenvalue weighted by Gasteiger charge is -2.20. The van der Waals surface area contributed by atoms with E-state index in [1.165, 1.54) is 0 Å². The lowest BCUT2D eigenvalue weighted by molar-refractivity contribution is 0.287. The molecule has 0 fully saturated rings. The third-order valence-corrected chi connectivity index (χ3v) is 4.91. The van der Waals surface area contributed by atoms with Crippen molar-refractivity contribution in [2.45, 2.75) is 40.3 Å². The third kappa shape index (κ3) is 6.27. The quantitative estimate of drug-likeness (QED) is 0.584. The second-order valence-corrected chi connectivity index (χ2v) is 7.06. The first-order valence-electron chi connectivity index (χ1n) is 9.57. The van der Waals surface area contributed by atoms with Gasteiger partial charge in [0.05, 0.1) is 24.8 Å². The van der Waals surface area contributed by atoms with Crippen LogP contribution in [0.5, 0.6) is 11.5 Å². The number of thiocarbonyl (C=S) groups is 1. The summed E-state index contributed by atoms with van der Waals surface area (Å²) in [5, 5.41) is 9.08. The van der Waals surface area contributed by atoms with Gasteiger partial charge in [0.15, 0.2) is 16.6 Å². The fourth-order valence-electron chi connectivity index (χ4n) is 2.70. The molecule has 8 heteroatoms. The van der Waals surface area contributed by atoms with Crippen molar-refractivity contribution in [1.29, 1.82) is 0 Å². The van der Waals surface area contributed by atoms with Gasteiger partial charge in [0.2, 0.25) is 0 Å². The van der Waals surface area contributed by atoms with Crippen molar-refractivity contribution in [3.8, 4) is 11.5 Å². The summed E-state index contributed by atoms with van der Waals surface area (Å²) < 4.78 is 13.1. The summed E-state index contributed by atoms with van der Waals surface area (Å²) in [5.41, 5.74) is 1.98. The maximum absolute atomic E-state index is 6.24. The molecule has 0 aliphatic heterocycles. The van der Waals surface area contributed by atoms with Crippen LogP contribution in [0.25, 0.3) is 0 Å². The zero-order valence-electron chi connectivity index (χ0n) is 17.0. The fraction of sp³-hybridized carbons (Fsp3) is 0.500. The molecule has 2 rings (SSSR count). The van der Waals surface area contributed by atoms with Gasteiger partial charge >= 0.3 is 0 Å². The summed E-state index contributed by atoms with van der Waals surface area (Å²) in [5.74, 6) is 1.56. The first-order chi connectivity index (χ1) is 13.5. The number of halogens is 1. The van der Waals surface area contributed by atoms with Gasteiger partial charge in [-0.25, -0.2) is 0 Å². The molecule has 1 heterocycles. The van der Waals surface area contributed by atoms with Crippen LogP contribution in [0, 0.1) is 0 Å². The third-order valence-electron chi connectivity index (χ3n) is 4.14. The molecule has 0 unspecified atom stereocenters. The highest BCUT2D eigenvalue weighted by Crippen LogP contribution is 2.28. The van der Waals surface area contributed by atoms with Gasteiger partial charge in [-0.2, -0.15) is 5.10 Å². The predicted octanol–water partition coefficient (Wildman–Crippen LogP) is 3.90. The van der Waals surface area contributed by atoms with Gasteiger partial charge in [-0.15, -0.1) is 0 Å². The van der Waals surface area contributed by atoms with E-state index in [1.807, 2.05) is 55.7 Å². The van der Waals surface area contributed by atoms with Crippen molar-refractivity contribution < 1.29 is 9.47 Å². The zero-order chi connectivity index (χ0) is 20.5. The van der Waals surface area contributed by atoms with E-state index in [-0.39, 0.29) is 0 Å². The van der Waals surface area contributed by atoms with Crippen molar-refractivity contribution in [2.24, 2.45) is 0 Å². The van der Waals surface area contributed by atoms with Crippen LogP contribution < -0.4 is 14.8 Å². The lowest BCUT2D eigenvalue weighted by Crippen LogP contribution is -2.37. The number of ether oxygens (including phenoxy) is 2. The number of nitrogens with zero attached hydrogens (tertiary/aromatic N) is 3. The summed E-state index contributed by atoms with van der Waals surface area (Å²) in [7, 11) is 1.93. The first-order valence-corrected chi connectivity index (χ1v) is 10.4. The number of nitrogens with one attached hydrogen (secondary N) is 1. The Morgan fingerprint density at radius 3 is 2.57 bits per heavy atom. The van der Waals surface area contributed by atoms with Crippen molar-refractivity contribution in [1.82, 2.24) is 20.0 Å². The molecule has 2 aromatic rings. The molecule has 0 saturated carbocycles. The summed E-state index contributed by atoms with van der Waals surface area (Å²) in [6.07, 6.45) is 2.66. The van der Waals surface area contributed by atoms with E-state index in [2.05, 4.69) is 16.5 Å². The van der Waals surface area contributed by atoms with Crippen molar-refractivity contribution >= 4 is 28.9 Å². The average Bonchev–Trinajstić information content (AvgIpc) is 3.03. The highest BCUT2D eigenvalue weighted by atomic mass is 35.5. The number of hydrogen-bond acceptors (Lipinski definition) is 4. The monoisotopic (exact) mass is 424 g/mol. The summed E-state index contributed by atoms with van der Waals surface area (Å²) in [6, 6.07) is 6.04. The minimum Gasteiger partial charge on any atom is -0.490 e. The SMILES string of the molecule is CCOc1ccc(CCNC(=S)N(C)Cc2nn(CC)cc2Cl)cc1OCC. The van der Waals surface area contributed by atoms with Crippen LogP contribution in [0.3, 0.4) is 0 Å². The second kappa shape index (κ2) is 11.1. The van der Waals surface area contributed by atoms with Crippen LogP contribution in [0.1, 0.15) is 32.0 Å². The molecule has 0 aliphatic rings. The molecule has 1 N–H and O–H groups in total. The summed E-state index contributed by atoms with van der Waals surface area (Å²) in [6.45, 7) is 9.25. The zero-order valence-corrected chi connectivity index (χ0v) is 18.6. The Balaban J connectivity index is 1.87. The Morgan fingerprint density at radius 2 is 1.93 bits per heavy atom. The Morgan fingerprint density at radius 1 is 1.21 bits per heavy atom.